The number of piperazine rings is 1. The fourth-order valence-corrected chi connectivity index (χ4v) is 5.40. The average molecular weight is 525 g/mol. The molecule has 1 aliphatic rings. The van der Waals surface area contributed by atoms with Crippen molar-refractivity contribution in [3.05, 3.63) is 107 Å². The Morgan fingerprint density at radius 2 is 1.28 bits per heavy atom. The molecular weight excluding hydrogens is 501 g/mol. The highest BCUT2D eigenvalue weighted by atomic mass is 32.1. The smallest absolute Gasteiger partial charge is 0.189 e. The lowest BCUT2D eigenvalue weighted by molar-refractivity contribution is 0.151. The first-order chi connectivity index (χ1) is 17.5. The first kappa shape index (κ1) is 24.4. The molecule has 5 rings (SSSR count). The predicted molar refractivity (Wildman–Crippen MR) is 142 cm³/mol. The topological polar surface area (TPSA) is 31.4 Å². The summed E-state index contributed by atoms with van der Waals surface area (Å²) in [5.41, 5.74) is 3.51. The Kier molecular flexibility index (Phi) is 7.31. The Labute approximate surface area is 217 Å². The Hall–Kier alpha value is -3.27. The molecule has 1 aromatic heterocycles. The molecule has 0 radical (unpaired) electrons. The molecular formula is C27H23F3N4S2. The van der Waals surface area contributed by atoms with E-state index in [1.807, 2.05) is 5.38 Å². The molecule has 0 unspecified atom stereocenters. The van der Waals surface area contributed by atoms with Crippen molar-refractivity contribution in [2.24, 2.45) is 0 Å². The lowest BCUT2D eigenvalue weighted by atomic mass is 9.96. The largest absolute Gasteiger partial charge is 0.346 e. The van der Waals surface area contributed by atoms with Gasteiger partial charge in [-0.2, -0.15) is 0 Å². The summed E-state index contributed by atoms with van der Waals surface area (Å²) in [5, 5.41) is 6.40. The Morgan fingerprint density at radius 1 is 0.778 bits per heavy atom. The van der Waals surface area contributed by atoms with Crippen LogP contribution in [0.1, 0.15) is 17.2 Å². The van der Waals surface area contributed by atoms with Crippen LogP contribution in [0, 0.1) is 17.5 Å². The summed E-state index contributed by atoms with van der Waals surface area (Å²) in [6.07, 6.45) is 0. The van der Waals surface area contributed by atoms with Crippen LogP contribution in [-0.2, 0) is 0 Å². The van der Waals surface area contributed by atoms with Crippen LogP contribution >= 0.6 is 23.6 Å². The molecule has 4 aromatic rings. The molecule has 0 saturated carbocycles. The number of anilines is 1. The molecule has 4 nitrogen and oxygen atoms in total. The lowest BCUT2D eigenvalue weighted by Crippen LogP contribution is -2.51. The van der Waals surface area contributed by atoms with Crippen molar-refractivity contribution in [3.63, 3.8) is 0 Å². The highest BCUT2D eigenvalue weighted by molar-refractivity contribution is 7.80. The van der Waals surface area contributed by atoms with Gasteiger partial charge >= 0.3 is 0 Å². The minimum Gasteiger partial charge on any atom is -0.346 e. The van der Waals surface area contributed by atoms with E-state index in [1.165, 1.54) is 47.7 Å². The van der Waals surface area contributed by atoms with Crippen molar-refractivity contribution >= 4 is 33.8 Å². The van der Waals surface area contributed by atoms with E-state index >= 15 is 0 Å². The second-order valence-corrected chi connectivity index (χ2v) is 9.75. The quantitative estimate of drug-likeness (QED) is 0.308. The summed E-state index contributed by atoms with van der Waals surface area (Å²) in [7, 11) is 0. The molecule has 184 valence electrons. The zero-order chi connectivity index (χ0) is 25.1. The summed E-state index contributed by atoms with van der Waals surface area (Å²) in [6.45, 7) is 2.84. The third-order valence-corrected chi connectivity index (χ3v) is 7.31. The maximum Gasteiger partial charge on any atom is 0.189 e. The zero-order valence-electron chi connectivity index (χ0n) is 19.2. The molecule has 36 heavy (non-hydrogen) atoms. The number of hydrogen-bond donors (Lipinski definition) is 1. The number of benzene rings is 3. The van der Waals surface area contributed by atoms with Gasteiger partial charge in [0.25, 0.3) is 0 Å². The van der Waals surface area contributed by atoms with Crippen LogP contribution < -0.4 is 5.32 Å². The molecule has 1 fully saturated rings. The monoisotopic (exact) mass is 524 g/mol. The molecule has 9 heteroatoms. The first-order valence-electron chi connectivity index (χ1n) is 11.5. The molecule has 0 amide bonds. The second-order valence-electron chi connectivity index (χ2n) is 8.50. The van der Waals surface area contributed by atoms with E-state index < -0.39 is 0 Å². The number of rotatable bonds is 5. The number of halogens is 3. The second kappa shape index (κ2) is 10.8. The van der Waals surface area contributed by atoms with E-state index in [2.05, 4.69) is 20.1 Å². The molecule has 2 heterocycles. The number of thiazole rings is 1. The molecule has 1 aliphatic heterocycles. The van der Waals surface area contributed by atoms with Gasteiger partial charge in [-0.25, -0.2) is 18.2 Å². The molecule has 0 aliphatic carbocycles. The normalized spacial score (nSPS) is 14.3. The van der Waals surface area contributed by atoms with Crippen molar-refractivity contribution in [1.29, 1.82) is 0 Å². The van der Waals surface area contributed by atoms with Crippen LogP contribution in [0.15, 0.2) is 78.2 Å². The van der Waals surface area contributed by atoms with E-state index in [0.29, 0.717) is 23.3 Å². The molecule has 3 aromatic carbocycles. The molecule has 0 atom stereocenters. The standard InChI is InChI=1S/C27H23F3N4S2/c28-21-7-1-18(2-8-21)24-17-36-26(31-24)32-27(35)34-15-13-33(14-16-34)25(19-3-9-22(29)10-4-19)20-5-11-23(30)12-6-20/h1-12,17,25H,13-16H2,(H,31,32,35). The van der Waals surface area contributed by atoms with Gasteiger partial charge < -0.3 is 10.2 Å². The lowest BCUT2D eigenvalue weighted by Gasteiger charge is -2.40. The van der Waals surface area contributed by atoms with Gasteiger partial charge in [-0.3, -0.25) is 4.90 Å². The average Bonchev–Trinajstić information content (AvgIpc) is 3.35. The van der Waals surface area contributed by atoms with E-state index in [4.69, 9.17) is 12.2 Å². The van der Waals surface area contributed by atoms with Crippen molar-refractivity contribution in [2.75, 3.05) is 31.5 Å². The Bertz CT molecular complexity index is 1270. The minimum absolute atomic E-state index is 0.118. The van der Waals surface area contributed by atoms with Crippen LogP contribution in [0.25, 0.3) is 11.3 Å². The Balaban J connectivity index is 1.25. The van der Waals surface area contributed by atoms with Gasteiger partial charge in [-0.1, -0.05) is 24.3 Å². The van der Waals surface area contributed by atoms with Gasteiger partial charge in [0.15, 0.2) is 10.2 Å². The van der Waals surface area contributed by atoms with Crippen LogP contribution in [-0.4, -0.2) is 46.1 Å². The third-order valence-electron chi connectivity index (χ3n) is 6.20. The van der Waals surface area contributed by atoms with Crippen LogP contribution in [0.4, 0.5) is 18.3 Å². The summed E-state index contributed by atoms with van der Waals surface area (Å²) >= 11 is 7.09. The molecule has 0 spiro atoms. The highest BCUT2D eigenvalue weighted by Crippen LogP contribution is 2.30. The SMILES string of the molecule is Fc1ccc(-c2csc(NC(=S)N3CCN(C(c4ccc(F)cc4)c4ccc(F)cc4)CC3)n2)cc1. The van der Waals surface area contributed by atoms with Gasteiger partial charge in [0.1, 0.15) is 17.5 Å². The number of aromatic nitrogens is 1. The van der Waals surface area contributed by atoms with E-state index in [0.717, 1.165) is 35.5 Å². The third kappa shape index (κ3) is 5.59. The van der Waals surface area contributed by atoms with Gasteiger partial charge in [-0.15, -0.1) is 11.3 Å². The number of hydrogen-bond acceptors (Lipinski definition) is 4. The summed E-state index contributed by atoms with van der Waals surface area (Å²) in [6, 6.07) is 19.0. The van der Waals surface area contributed by atoms with E-state index in [1.54, 1.807) is 36.4 Å². The van der Waals surface area contributed by atoms with Gasteiger partial charge in [0.2, 0.25) is 0 Å². The fraction of sp³-hybridized carbons (Fsp3) is 0.185. The zero-order valence-corrected chi connectivity index (χ0v) is 20.8. The maximum atomic E-state index is 13.6. The van der Waals surface area contributed by atoms with E-state index in [9.17, 15) is 13.2 Å². The minimum atomic E-state index is -0.289. The highest BCUT2D eigenvalue weighted by Gasteiger charge is 2.27. The molecule has 0 bridgehead atoms. The van der Waals surface area contributed by atoms with Crippen LogP contribution in [0.3, 0.4) is 0 Å². The van der Waals surface area contributed by atoms with Crippen molar-refractivity contribution < 1.29 is 13.2 Å². The summed E-state index contributed by atoms with van der Waals surface area (Å²) < 4.78 is 40.3. The van der Waals surface area contributed by atoms with Gasteiger partial charge in [-0.05, 0) is 71.9 Å². The maximum absolute atomic E-state index is 13.6. The predicted octanol–water partition coefficient (Wildman–Crippen LogP) is 6.33. The first-order valence-corrected chi connectivity index (χ1v) is 12.8. The molecule has 1 saturated heterocycles. The fourth-order valence-electron chi connectivity index (χ4n) is 4.34. The van der Waals surface area contributed by atoms with Crippen LogP contribution in [0.2, 0.25) is 0 Å². The van der Waals surface area contributed by atoms with Crippen molar-refractivity contribution in [1.82, 2.24) is 14.8 Å². The van der Waals surface area contributed by atoms with Gasteiger partial charge in [0.05, 0.1) is 11.7 Å². The summed E-state index contributed by atoms with van der Waals surface area (Å²) in [5.74, 6) is -0.862. The number of nitrogens with zero attached hydrogens (tertiary/aromatic N) is 3. The Morgan fingerprint density at radius 3 is 1.81 bits per heavy atom. The molecule has 1 N–H and O–H groups in total. The summed E-state index contributed by atoms with van der Waals surface area (Å²) in [4.78, 5) is 8.98. The van der Waals surface area contributed by atoms with E-state index in [-0.39, 0.29) is 23.5 Å². The van der Waals surface area contributed by atoms with Gasteiger partial charge in [0, 0.05) is 37.1 Å². The number of nitrogens with one attached hydrogen (secondary N) is 1. The van der Waals surface area contributed by atoms with Crippen molar-refractivity contribution in [2.45, 2.75) is 6.04 Å². The van der Waals surface area contributed by atoms with Crippen molar-refractivity contribution in [3.8, 4) is 11.3 Å². The van der Waals surface area contributed by atoms with Crippen LogP contribution in [0.5, 0.6) is 0 Å². The number of thiocarbonyl (C=S) groups is 1.